The Balaban J connectivity index is 1.94. The van der Waals surface area contributed by atoms with Crippen molar-refractivity contribution in [3.05, 3.63) is 71.2 Å². The minimum atomic E-state index is 0.633. The third-order valence-electron chi connectivity index (χ3n) is 4.74. The molecule has 4 heteroatoms. The van der Waals surface area contributed by atoms with Gasteiger partial charge >= 0.3 is 0 Å². The van der Waals surface area contributed by atoms with E-state index >= 15 is 0 Å². The monoisotopic (exact) mass is 359 g/mol. The third kappa shape index (κ3) is 3.16. The number of halogens is 1. The first-order valence-corrected chi connectivity index (χ1v) is 9.15. The smallest absolute Gasteiger partial charge is 0.147 e. The van der Waals surface area contributed by atoms with Crippen molar-refractivity contribution in [1.82, 2.24) is 4.98 Å². The summed E-state index contributed by atoms with van der Waals surface area (Å²) in [5.41, 5.74) is 4.45. The Labute approximate surface area is 158 Å². The second-order valence-electron chi connectivity index (χ2n) is 6.43. The van der Waals surface area contributed by atoms with E-state index in [9.17, 15) is 5.26 Å². The minimum absolute atomic E-state index is 0.633. The van der Waals surface area contributed by atoms with Gasteiger partial charge in [0.2, 0.25) is 0 Å². The van der Waals surface area contributed by atoms with Crippen molar-refractivity contribution < 1.29 is 0 Å². The highest BCUT2D eigenvalue weighted by atomic mass is 35.5. The van der Waals surface area contributed by atoms with Gasteiger partial charge in [0.05, 0.1) is 5.69 Å². The maximum Gasteiger partial charge on any atom is 0.147 e. The summed E-state index contributed by atoms with van der Waals surface area (Å²) in [6, 6.07) is 22.1. The number of hydrogen-bond donors (Lipinski definition) is 0. The van der Waals surface area contributed by atoms with E-state index in [-0.39, 0.29) is 0 Å². The van der Waals surface area contributed by atoms with Gasteiger partial charge in [0.1, 0.15) is 17.5 Å². The van der Waals surface area contributed by atoms with Crippen molar-refractivity contribution in [3.8, 4) is 28.5 Å². The van der Waals surface area contributed by atoms with Crippen LogP contribution in [0.4, 0.5) is 5.82 Å². The highest BCUT2D eigenvalue weighted by molar-refractivity contribution is 6.30. The number of pyridine rings is 1. The molecule has 0 bridgehead atoms. The molecule has 128 valence electrons. The van der Waals surface area contributed by atoms with Crippen LogP contribution in [0.5, 0.6) is 0 Å². The Hall–Kier alpha value is -2.83. The van der Waals surface area contributed by atoms with Crippen LogP contribution in [0, 0.1) is 11.3 Å². The van der Waals surface area contributed by atoms with E-state index in [1.165, 1.54) is 0 Å². The number of benzene rings is 2. The van der Waals surface area contributed by atoms with Crippen LogP contribution in [0.15, 0.2) is 60.7 Å². The summed E-state index contributed by atoms with van der Waals surface area (Å²) in [6.45, 7) is 1.89. The Morgan fingerprint density at radius 2 is 1.62 bits per heavy atom. The molecule has 3 aromatic rings. The number of aromatic nitrogens is 1. The van der Waals surface area contributed by atoms with Crippen molar-refractivity contribution in [2.45, 2.75) is 12.8 Å². The summed E-state index contributed by atoms with van der Waals surface area (Å²) >= 11 is 6.05. The van der Waals surface area contributed by atoms with E-state index in [0.29, 0.717) is 10.6 Å². The van der Waals surface area contributed by atoms with E-state index in [1.54, 1.807) is 0 Å². The summed E-state index contributed by atoms with van der Waals surface area (Å²) in [5, 5.41) is 10.6. The molecule has 0 spiro atoms. The molecule has 26 heavy (non-hydrogen) atoms. The largest absolute Gasteiger partial charge is 0.355 e. The van der Waals surface area contributed by atoms with E-state index in [1.807, 2.05) is 60.7 Å². The van der Waals surface area contributed by atoms with Crippen molar-refractivity contribution >= 4 is 17.4 Å². The standard InChI is InChI=1S/C22H18ClN3/c23-18-10-8-16(9-11-18)19-14-21(17-6-2-1-3-7-17)25-22(20(19)15-24)26-12-4-5-13-26/h1-3,6-11,14H,4-5,12-13H2. The quantitative estimate of drug-likeness (QED) is 0.616. The Morgan fingerprint density at radius 3 is 2.27 bits per heavy atom. The average molecular weight is 360 g/mol. The van der Waals surface area contributed by atoms with E-state index in [0.717, 1.165) is 54.1 Å². The Bertz CT molecular complexity index is 953. The number of nitriles is 1. The highest BCUT2D eigenvalue weighted by Gasteiger charge is 2.22. The van der Waals surface area contributed by atoms with Crippen molar-refractivity contribution in [1.29, 1.82) is 5.26 Å². The molecule has 2 heterocycles. The lowest BCUT2D eigenvalue weighted by Gasteiger charge is -2.21. The maximum absolute atomic E-state index is 9.89. The van der Waals surface area contributed by atoms with Gasteiger partial charge in [-0.05, 0) is 36.6 Å². The van der Waals surface area contributed by atoms with E-state index < -0.39 is 0 Å². The van der Waals surface area contributed by atoms with Crippen LogP contribution in [0.2, 0.25) is 5.02 Å². The molecule has 1 aromatic heterocycles. The van der Waals surface area contributed by atoms with Gasteiger partial charge in [0.25, 0.3) is 0 Å². The van der Waals surface area contributed by atoms with Crippen molar-refractivity contribution in [3.63, 3.8) is 0 Å². The van der Waals surface area contributed by atoms with Crippen LogP contribution in [0.3, 0.4) is 0 Å². The molecule has 0 amide bonds. The molecule has 0 atom stereocenters. The maximum atomic E-state index is 9.89. The summed E-state index contributed by atoms with van der Waals surface area (Å²) in [6.07, 6.45) is 2.27. The lowest BCUT2D eigenvalue weighted by molar-refractivity contribution is 0.936. The van der Waals surface area contributed by atoms with Crippen molar-refractivity contribution in [2.75, 3.05) is 18.0 Å². The first kappa shape index (κ1) is 16.6. The van der Waals surface area contributed by atoms with Gasteiger partial charge in [-0.25, -0.2) is 4.98 Å². The molecule has 0 aliphatic carbocycles. The molecule has 2 aromatic carbocycles. The minimum Gasteiger partial charge on any atom is -0.355 e. The first-order valence-electron chi connectivity index (χ1n) is 8.78. The molecule has 4 rings (SSSR count). The van der Waals surface area contributed by atoms with Gasteiger partial charge in [0.15, 0.2) is 0 Å². The molecular formula is C22H18ClN3. The molecule has 0 radical (unpaired) electrons. The molecule has 1 aliphatic heterocycles. The average Bonchev–Trinajstić information content (AvgIpc) is 3.23. The molecule has 0 saturated carbocycles. The van der Waals surface area contributed by atoms with Crippen LogP contribution >= 0.6 is 11.6 Å². The van der Waals surface area contributed by atoms with Gasteiger partial charge in [-0.1, -0.05) is 54.1 Å². The zero-order chi connectivity index (χ0) is 17.9. The van der Waals surface area contributed by atoms with Crippen LogP contribution in [0.25, 0.3) is 22.4 Å². The molecule has 0 N–H and O–H groups in total. The Morgan fingerprint density at radius 1 is 0.923 bits per heavy atom. The fourth-order valence-corrected chi connectivity index (χ4v) is 3.54. The SMILES string of the molecule is N#Cc1c(-c2ccc(Cl)cc2)cc(-c2ccccc2)nc1N1CCCC1. The normalized spacial score (nSPS) is 13.6. The van der Waals surface area contributed by atoms with E-state index in [2.05, 4.69) is 11.0 Å². The van der Waals surface area contributed by atoms with Gasteiger partial charge in [-0.3, -0.25) is 0 Å². The topological polar surface area (TPSA) is 39.9 Å². The van der Waals surface area contributed by atoms with Crippen LogP contribution in [-0.2, 0) is 0 Å². The number of anilines is 1. The van der Waals surface area contributed by atoms with E-state index in [4.69, 9.17) is 16.6 Å². The zero-order valence-electron chi connectivity index (χ0n) is 14.3. The molecule has 1 aliphatic rings. The summed E-state index contributed by atoms with van der Waals surface area (Å²) in [4.78, 5) is 7.10. The first-order chi connectivity index (χ1) is 12.8. The Kier molecular flexibility index (Phi) is 4.60. The fourth-order valence-electron chi connectivity index (χ4n) is 3.41. The fraction of sp³-hybridized carbons (Fsp3) is 0.182. The molecule has 3 nitrogen and oxygen atoms in total. The second kappa shape index (κ2) is 7.19. The van der Waals surface area contributed by atoms with Gasteiger partial charge < -0.3 is 4.90 Å². The van der Waals surface area contributed by atoms with Gasteiger partial charge in [-0.15, -0.1) is 0 Å². The predicted octanol–water partition coefficient (Wildman–Crippen LogP) is 5.54. The molecular weight excluding hydrogens is 342 g/mol. The molecule has 1 fully saturated rings. The molecule has 1 saturated heterocycles. The predicted molar refractivity (Wildman–Crippen MR) is 106 cm³/mol. The van der Waals surface area contributed by atoms with Crippen LogP contribution in [-0.4, -0.2) is 18.1 Å². The number of nitrogens with zero attached hydrogens (tertiary/aromatic N) is 3. The lowest BCUT2D eigenvalue weighted by Crippen LogP contribution is -2.21. The van der Waals surface area contributed by atoms with Crippen molar-refractivity contribution in [2.24, 2.45) is 0 Å². The van der Waals surface area contributed by atoms with Crippen LogP contribution in [0.1, 0.15) is 18.4 Å². The zero-order valence-corrected chi connectivity index (χ0v) is 15.1. The summed E-state index contributed by atoms with van der Waals surface area (Å²) in [7, 11) is 0. The molecule has 0 unspecified atom stereocenters. The van der Waals surface area contributed by atoms with Gasteiger partial charge in [-0.2, -0.15) is 5.26 Å². The number of rotatable bonds is 3. The highest BCUT2D eigenvalue weighted by Crippen LogP contribution is 2.35. The summed E-state index contributed by atoms with van der Waals surface area (Å²) < 4.78 is 0. The third-order valence-corrected chi connectivity index (χ3v) is 4.99. The lowest BCUT2D eigenvalue weighted by atomic mass is 9.98. The number of hydrogen-bond acceptors (Lipinski definition) is 3. The second-order valence-corrected chi connectivity index (χ2v) is 6.87. The van der Waals surface area contributed by atoms with Gasteiger partial charge in [0, 0.05) is 29.2 Å². The summed E-state index contributed by atoms with van der Waals surface area (Å²) in [5.74, 6) is 0.788. The van der Waals surface area contributed by atoms with Crippen LogP contribution < -0.4 is 4.90 Å².